The molecule has 8 rings (SSSR count). The van der Waals surface area contributed by atoms with Crippen LogP contribution in [-0.4, -0.2) is 136 Å². The highest BCUT2D eigenvalue weighted by atomic mass is 35.5. The summed E-state index contributed by atoms with van der Waals surface area (Å²) in [6, 6.07) is 13.3. The zero-order chi connectivity index (χ0) is 51.0. The van der Waals surface area contributed by atoms with Gasteiger partial charge in [0, 0.05) is 99.3 Å². The maximum Gasteiger partial charge on any atom is 0.255 e. The molecule has 3 fully saturated rings. The van der Waals surface area contributed by atoms with Gasteiger partial charge in [0.25, 0.3) is 5.91 Å². The quantitative estimate of drug-likeness (QED) is 0.133. The number of benzene rings is 3. The molecule has 4 aliphatic heterocycles. The fourth-order valence-corrected chi connectivity index (χ4v) is 9.79. The van der Waals surface area contributed by atoms with Gasteiger partial charge in [-0.3, -0.25) is 28.9 Å². The number of ether oxygens (including phenoxy) is 2. The second-order valence-corrected chi connectivity index (χ2v) is 19.0. The third-order valence-electron chi connectivity index (χ3n) is 12.7. The van der Waals surface area contributed by atoms with E-state index in [0.717, 1.165) is 99.9 Å². The number of anilines is 6. The van der Waals surface area contributed by atoms with Crippen molar-refractivity contribution in [3.8, 4) is 11.5 Å². The summed E-state index contributed by atoms with van der Waals surface area (Å²) >= 11 is 6.52. The molecule has 3 aromatic carbocycles. The van der Waals surface area contributed by atoms with Crippen molar-refractivity contribution < 1.29 is 40.5 Å². The first-order valence-electron chi connectivity index (χ1n) is 24.7. The number of amides is 3. The number of methoxy groups -OCH3 is 2. The average molecular weight is 936 g/mol. The van der Waals surface area contributed by atoms with Gasteiger partial charge in [-0.15, -0.1) is 0 Å². The fraction of sp³-hybridized carbons (Fsp3) is 0.457. The number of carbonyl (C=O) groups excluding carboxylic acids is 3. The Kier molecular flexibility index (Phi) is 11.5. The predicted molar refractivity (Wildman–Crippen MR) is 252 cm³/mol. The number of aryl methyl sites for hydroxylation is 1. The molecule has 346 valence electrons. The lowest BCUT2D eigenvalue weighted by atomic mass is 9.99. The van der Waals surface area contributed by atoms with Gasteiger partial charge >= 0.3 is 0 Å². The van der Waals surface area contributed by atoms with E-state index in [4.69, 9.17) is 29.3 Å². The molecular weight excluding hydrogens is 872 g/mol. The molecule has 0 radical (unpaired) electrons. The highest BCUT2D eigenvalue weighted by molar-refractivity contribution is 7.92. The first-order valence-corrected chi connectivity index (χ1v) is 23.9. The Morgan fingerprint density at radius 1 is 0.969 bits per heavy atom. The molecule has 4 aliphatic rings. The van der Waals surface area contributed by atoms with Gasteiger partial charge in [-0.25, -0.2) is 13.4 Å². The van der Waals surface area contributed by atoms with Crippen LogP contribution in [0.1, 0.15) is 67.9 Å². The number of hydrogen-bond donors (Lipinski definition) is 3. The van der Waals surface area contributed by atoms with E-state index in [9.17, 15) is 22.8 Å². The van der Waals surface area contributed by atoms with Crippen molar-refractivity contribution in [2.45, 2.75) is 64.1 Å². The molecule has 19 heteroatoms. The third kappa shape index (κ3) is 10.1. The zero-order valence-corrected chi connectivity index (χ0v) is 38.1. The highest BCUT2D eigenvalue weighted by Crippen LogP contribution is 2.39. The van der Waals surface area contributed by atoms with E-state index in [0.29, 0.717) is 42.3 Å². The molecule has 5 heterocycles. The third-order valence-corrected chi connectivity index (χ3v) is 13.8. The standard InChI is InChI=1S/C46H57ClN10O7S/c1-6-30-24-37(50-46-48-27-35(47)43(52-46)49-36-10-8-33(63-3)25-40(36)53(2)65(5,61)62)41(64-4)26-39(30)56-17-14-32(15-18-56)55-21-19-54(20-22-55)16-13-29-7-9-34-31(23-29)28-57(45(34)60)38-11-12-42(58)51-44(38)59/h7-10,23-27,32,38H,6,11-22,28H2,1-5H3,(H,51,58,59)(H2,48,49,50,52)/i2D3,3D3. The smallest absolute Gasteiger partial charge is 0.255 e. The van der Waals surface area contributed by atoms with Gasteiger partial charge < -0.3 is 34.8 Å². The number of nitrogens with one attached hydrogen (secondary N) is 3. The molecule has 3 saturated heterocycles. The topological polar surface area (TPSA) is 182 Å². The summed E-state index contributed by atoms with van der Waals surface area (Å²) in [5.74, 6) is -0.542. The maximum atomic E-state index is 13.2. The zero-order valence-electron chi connectivity index (χ0n) is 42.5. The van der Waals surface area contributed by atoms with E-state index in [-0.39, 0.29) is 50.8 Å². The number of halogens is 1. The van der Waals surface area contributed by atoms with E-state index in [1.165, 1.54) is 18.3 Å². The number of carbonyl (C=O) groups is 3. The second kappa shape index (κ2) is 19.4. The van der Waals surface area contributed by atoms with E-state index in [2.05, 4.69) is 53.6 Å². The van der Waals surface area contributed by atoms with Gasteiger partial charge in [-0.1, -0.05) is 30.7 Å². The van der Waals surface area contributed by atoms with Crippen LogP contribution >= 0.6 is 11.6 Å². The summed E-state index contributed by atoms with van der Waals surface area (Å²) < 4.78 is 83.2. The molecule has 1 aromatic heterocycles. The Labute approximate surface area is 393 Å². The summed E-state index contributed by atoms with van der Waals surface area (Å²) in [6.07, 6.45) is 6.20. The maximum absolute atomic E-state index is 13.2. The Hall–Kier alpha value is -5.69. The molecule has 1 unspecified atom stereocenters. The normalized spacial score (nSPS) is 20.4. The van der Waals surface area contributed by atoms with Gasteiger partial charge in [0.2, 0.25) is 27.8 Å². The number of imide groups is 1. The number of piperazine rings is 1. The molecule has 0 bridgehead atoms. The molecule has 3 amide bonds. The van der Waals surface area contributed by atoms with Crippen molar-refractivity contribution in [2.75, 3.05) is 93.0 Å². The van der Waals surface area contributed by atoms with Gasteiger partial charge in [0.05, 0.1) is 47.8 Å². The lowest BCUT2D eigenvalue weighted by Crippen LogP contribution is -2.53. The highest BCUT2D eigenvalue weighted by Gasteiger charge is 2.39. The first kappa shape index (κ1) is 38.6. The predicted octanol–water partition coefficient (Wildman–Crippen LogP) is 5.18. The van der Waals surface area contributed by atoms with Gasteiger partial charge in [-0.2, -0.15) is 4.98 Å². The van der Waals surface area contributed by atoms with Gasteiger partial charge in [-0.05, 0) is 73.1 Å². The number of fused-ring (bicyclic) bond motifs is 1. The summed E-state index contributed by atoms with van der Waals surface area (Å²) in [6.45, 7) is 5.81. The summed E-state index contributed by atoms with van der Waals surface area (Å²) in [7, 11) is -5.78. The van der Waals surface area contributed by atoms with Crippen LogP contribution in [0.4, 0.5) is 34.5 Å². The van der Waals surface area contributed by atoms with E-state index in [1.807, 2.05) is 24.3 Å². The first-order chi connectivity index (χ1) is 33.6. The number of nitrogens with zero attached hydrogens (tertiary/aromatic N) is 7. The van der Waals surface area contributed by atoms with Crippen LogP contribution in [-0.2, 0) is 39.0 Å². The SMILES string of the molecule is [2H]C([2H])([2H])Oc1ccc(Nc2nc(Nc3cc(CC)c(N4CCC(N5CCN(CCc6ccc7c(c6)CN(C6CCC(=O)NC6=O)C7=O)CC5)CC4)cc3OC)ncc2Cl)c(N(C([2H])([2H])[2H])S(C)(=O)=O)c1. The number of rotatable bonds is 15. The summed E-state index contributed by atoms with van der Waals surface area (Å²) in [5, 5.41) is 8.49. The van der Waals surface area contributed by atoms with Gasteiger partial charge in [0.15, 0.2) is 5.82 Å². The number of piperidine rings is 2. The average Bonchev–Trinajstić information content (AvgIpc) is 3.63. The van der Waals surface area contributed by atoms with Crippen LogP contribution in [0, 0.1) is 0 Å². The van der Waals surface area contributed by atoms with Crippen LogP contribution in [0.25, 0.3) is 0 Å². The molecule has 0 saturated carbocycles. The van der Waals surface area contributed by atoms with Crippen LogP contribution in [0.3, 0.4) is 0 Å². The largest absolute Gasteiger partial charge is 0.497 e. The Balaban J connectivity index is 0.872. The van der Waals surface area contributed by atoms with Crippen LogP contribution in [0.2, 0.25) is 5.02 Å². The lowest BCUT2D eigenvalue weighted by Gasteiger charge is -2.43. The second-order valence-electron chi connectivity index (χ2n) is 16.7. The number of aromatic nitrogens is 2. The lowest BCUT2D eigenvalue weighted by molar-refractivity contribution is -0.136. The van der Waals surface area contributed by atoms with Crippen molar-refractivity contribution in [1.82, 2.24) is 30.0 Å². The molecule has 0 aliphatic carbocycles. The number of hydrogen-bond acceptors (Lipinski definition) is 14. The number of sulfonamides is 1. The Morgan fingerprint density at radius 2 is 1.77 bits per heavy atom. The molecule has 4 aromatic rings. The van der Waals surface area contributed by atoms with Crippen LogP contribution < -0.4 is 34.6 Å². The molecule has 0 spiro atoms. The fourth-order valence-electron chi connectivity index (χ4n) is 9.14. The minimum absolute atomic E-state index is 0.0121. The van der Waals surface area contributed by atoms with E-state index < -0.39 is 41.7 Å². The van der Waals surface area contributed by atoms with Crippen molar-refractivity contribution in [3.63, 3.8) is 0 Å². The van der Waals surface area contributed by atoms with Crippen molar-refractivity contribution in [2.24, 2.45) is 0 Å². The van der Waals surface area contributed by atoms with Gasteiger partial charge in [0.1, 0.15) is 22.6 Å². The molecule has 1 atom stereocenters. The summed E-state index contributed by atoms with van der Waals surface area (Å²) in [5.41, 5.74) is 4.92. The van der Waals surface area contributed by atoms with Crippen molar-refractivity contribution in [1.29, 1.82) is 0 Å². The molecular formula is C46H57ClN10O7S. The van der Waals surface area contributed by atoms with Crippen molar-refractivity contribution in [3.05, 3.63) is 82.0 Å². The monoisotopic (exact) mass is 934 g/mol. The molecule has 17 nitrogen and oxygen atoms in total. The van der Waals surface area contributed by atoms with E-state index in [1.54, 1.807) is 12.0 Å². The van der Waals surface area contributed by atoms with E-state index >= 15 is 0 Å². The Morgan fingerprint density at radius 3 is 2.48 bits per heavy atom. The summed E-state index contributed by atoms with van der Waals surface area (Å²) in [4.78, 5) is 55.3. The van der Waals surface area contributed by atoms with Crippen LogP contribution in [0.5, 0.6) is 11.5 Å². The minimum atomic E-state index is -4.45. The van der Waals surface area contributed by atoms with Crippen molar-refractivity contribution >= 4 is 73.9 Å². The van der Waals surface area contributed by atoms with Crippen LogP contribution in [0.15, 0.2) is 54.7 Å². The molecule has 3 N–H and O–H groups in total. The Bertz CT molecular complexity index is 2790. The molecule has 65 heavy (non-hydrogen) atoms. The minimum Gasteiger partial charge on any atom is -0.497 e.